The van der Waals surface area contributed by atoms with E-state index in [1.807, 2.05) is 0 Å². The number of carbonyl (C=O) groups is 1. The number of nitriles is 1. The molecule has 0 bridgehead atoms. The van der Waals surface area contributed by atoms with E-state index in [4.69, 9.17) is 16.9 Å². The Labute approximate surface area is 177 Å². The van der Waals surface area contributed by atoms with Crippen molar-refractivity contribution in [3.8, 4) is 17.3 Å². The van der Waals surface area contributed by atoms with E-state index in [-0.39, 0.29) is 28.2 Å². The maximum atomic E-state index is 14.0. The minimum atomic E-state index is -1.18. The molecule has 0 saturated heterocycles. The van der Waals surface area contributed by atoms with Gasteiger partial charge in [0, 0.05) is 24.0 Å². The summed E-state index contributed by atoms with van der Waals surface area (Å²) in [5.74, 6) is -0.799. The number of carbonyl (C=O) groups excluding carboxylic acids is 1. The summed E-state index contributed by atoms with van der Waals surface area (Å²) in [4.78, 5) is 19.3. The molecule has 0 unspecified atom stereocenters. The molecule has 0 spiro atoms. The molecule has 0 aliphatic carbocycles. The number of aromatic amines is 1. The van der Waals surface area contributed by atoms with Crippen LogP contribution in [0.2, 0.25) is 5.02 Å². The van der Waals surface area contributed by atoms with E-state index in [0.717, 1.165) is 0 Å². The molecule has 10 heteroatoms. The van der Waals surface area contributed by atoms with Gasteiger partial charge in [-0.05, 0) is 39.0 Å². The van der Waals surface area contributed by atoms with Crippen molar-refractivity contribution in [1.29, 1.82) is 5.26 Å². The molecule has 0 fully saturated rings. The molecular formula is C20H20ClFN6O2. The van der Waals surface area contributed by atoms with E-state index < -0.39 is 11.4 Å². The van der Waals surface area contributed by atoms with Crippen molar-refractivity contribution in [1.82, 2.24) is 25.1 Å². The number of hydrogen-bond acceptors (Lipinski definition) is 5. The molecule has 1 amide bonds. The van der Waals surface area contributed by atoms with Gasteiger partial charge in [-0.2, -0.15) is 10.4 Å². The third-order valence-electron chi connectivity index (χ3n) is 4.32. The largest absolute Gasteiger partial charge is 0.383 e. The van der Waals surface area contributed by atoms with Crippen LogP contribution >= 0.6 is 11.6 Å². The van der Waals surface area contributed by atoms with Gasteiger partial charge >= 0.3 is 0 Å². The maximum absolute atomic E-state index is 14.0. The summed E-state index contributed by atoms with van der Waals surface area (Å²) in [6, 6.07) is 5.82. The minimum Gasteiger partial charge on any atom is -0.383 e. The second-order valence-corrected chi connectivity index (χ2v) is 7.82. The number of aliphatic hydroxyl groups is 1. The molecule has 2 aromatic heterocycles. The predicted molar refractivity (Wildman–Crippen MR) is 108 cm³/mol. The first kappa shape index (κ1) is 21.5. The number of hydrogen-bond donors (Lipinski definition) is 3. The number of imidazole rings is 1. The van der Waals surface area contributed by atoms with Crippen LogP contribution in [0, 0.1) is 17.1 Å². The molecule has 2 heterocycles. The molecule has 156 valence electrons. The summed E-state index contributed by atoms with van der Waals surface area (Å²) in [6.45, 7) is 5.30. The average Bonchev–Trinajstić information content (AvgIpc) is 3.30. The Kier molecular flexibility index (Phi) is 5.92. The van der Waals surface area contributed by atoms with Gasteiger partial charge in [0.15, 0.2) is 0 Å². The molecule has 30 heavy (non-hydrogen) atoms. The first-order valence-electron chi connectivity index (χ1n) is 9.10. The van der Waals surface area contributed by atoms with Gasteiger partial charge in [-0.1, -0.05) is 11.6 Å². The van der Waals surface area contributed by atoms with Crippen LogP contribution in [0.15, 0.2) is 30.6 Å². The fraction of sp³-hybridized carbons (Fsp3) is 0.300. The van der Waals surface area contributed by atoms with Crippen molar-refractivity contribution in [3.63, 3.8) is 0 Å². The molecule has 3 rings (SSSR count). The molecule has 8 nitrogen and oxygen atoms in total. The summed E-state index contributed by atoms with van der Waals surface area (Å²) < 4.78 is 15.6. The number of aromatic nitrogens is 4. The second-order valence-electron chi connectivity index (χ2n) is 7.42. The van der Waals surface area contributed by atoms with Crippen molar-refractivity contribution in [3.05, 3.63) is 58.5 Å². The number of nitrogens with zero attached hydrogens (tertiary/aromatic N) is 4. The maximum Gasteiger partial charge on any atom is 0.271 e. The smallest absolute Gasteiger partial charge is 0.271 e. The Morgan fingerprint density at radius 1 is 1.50 bits per heavy atom. The molecule has 1 atom stereocenters. The topological polar surface area (TPSA) is 120 Å². The van der Waals surface area contributed by atoms with Crippen molar-refractivity contribution in [2.45, 2.75) is 39.0 Å². The molecule has 0 saturated carbocycles. The normalized spacial score (nSPS) is 12.4. The van der Waals surface area contributed by atoms with Gasteiger partial charge in [-0.25, -0.2) is 9.37 Å². The zero-order valence-corrected chi connectivity index (χ0v) is 17.3. The Bertz CT molecular complexity index is 1100. The van der Waals surface area contributed by atoms with E-state index in [9.17, 15) is 14.3 Å². The number of benzene rings is 1. The monoisotopic (exact) mass is 430 g/mol. The number of halogens is 2. The zero-order valence-electron chi connectivity index (χ0n) is 16.6. The number of nitrogens with one attached hydrogen (secondary N) is 2. The van der Waals surface area contributed by atoms with Gasteiger partial charge in [0.1, 0.15) is 34.6 Å². The fourth-order valence-corrected chi connectivity index (χ4v) is 3.07. The van der Waals surface area contributed by atoms with Gasteiger partial charge in [-0.3, -0.25) is 9.48 Å². The van der Waals surface area contributed by atoms with E-state index in [0.29, 0.717) is 23.6 Å². The third-order valence-corrected chi connectivity index (χ3v) is 4.62. The standard InChI is InChI=1S/C20H20ClFN6O2/c1-11(25-18(29)17-9-24-19(26-17)20(2,3)30)10-28-5-4-16(27-28)12-6-14(21)13(8-23)15(22)7-12/h4-7,9,11,30H,10H2,1-3H3,(H,24,26)(H,25,29)/t11-/m0/s1. The first-order valence-corrected chi connectivity index (χ1v) is 9.48. The van der Waals surface area contributed by atoms with Crippen molar-refractivity contribution >= 4 is 17.5 Å². The highest BCUT2D eigenvalue weighted by Crippen LogP contribution is 2.26. The Balaban J connectivity index is 1.67. The van der Waals surface area contributed by atoms with Crippen molar-refractivity contribution < 1.29 is 14.3 Å². The summed E-state index contributed by atoms with van der Waals surface area (Å²) in [5, 5.41) is 26.1. The Morgan fingerprint density at radius 3 is 2.83 bits per heavy atom. The third kappa shape index (κ3) is 4.67. The highest BCUT2D eigenvalue weighted by molar-refractivity contribution is 6.32. The van der Waals surface area contributed by atoms with Crippen LogP contribution in [-0.2, 0) is 12.1 Å². The summed E-state index contributed by atoms with van der Waals surface area (Å²) in [7, 11) is 0. The molecule has 3 aromatic rings. The second kappa shape index (κ2) is 8.26. The zero-order chi connectivity index (χ0) is 22.1. The van der Waals surface area contributed by atoms with E-state index in [1.54, 1.807) is 43.8 Å². The molecule has 3 N–H and O–H groups in total. The lowest BCUT2D eigenvalue weighted by atomic mass is 10.1. The number of amides is 1. The van der Waals surface area contributed by atoms with Gasteiger partial charge in [0.05, 0.1) is 17.3 Å². The minimum absolute atomic E-state index is 0.0205. The molecule has 0 radical (unpaired) electrons. The van der Waals surface area contributed by atoms with Gasteiger partial charge < -0.3 is 15.4 Å². The summed E-state index contributed by atoms with van der Waals surface area (Å²) in [5.41, 5.74) is -0.280. The van der Waals surface area contributed by atoms with Crippen LogP contribution in [0.5, 0.6) is 0 Å². The molecule has 0 aliphatic heterocycles. The highest BCUT2D eigenvalue weighted by atomic mass is 35.5. The first-order chi connectivity index (χ1) is 14.1. The summed E-state index contributed by atoms with van der Waals surface area (Å²) >= 11 is 5.95. The fourth-order valence-electron chi connectivity index (χ4n) is 2.82. The van der Waals surface area contributed by atoms with E-state index >= 15 is 0 Å². The van der Waals surface area contributed by atoms with Crippen LogP contribution < -0.4 is 5.32 Å². The van der Waals surface area contributed by atoms with E-state index in [1.165, 1.54) is 18.3 Å². The van der Waals surface area contributed by atoms with Gasteiger partial charge in [0.2, 0.25) is 0 Å². The Hall–Kier alpha value is -3.22. The highest BCUT2D eigenvalue weighted by Gasteiger charge is 2.22. The number of H-pyrrole nitrogens is 1. The molecule has 1 aromatic carbocycles. The SMILES string of the molecule is C[C@@H](Cn1ccc(-c2cc(F)c(C#N)c(Cl)c2)n1)NC(=O)c1c[nH]c(C(C)(C)O)n1. The average molecular weight is 431 g/mol. The quantitative estimate of drug-likeness (QED) is 0.555. The summed E-state index contributed by atoms with van der Waals surface area (Å²) in [6.07, 6.45) is 3.13. The molecule has 0 aliphatic rings. The Morgan fingerprint density at radius 2 is 2.23 bits per heavy atom. The number of rotatable bonds is 6. The van der Waals surface area contributed by atoms with E-state index in [2.05, 4.69) is 20.4 Å². The predicted octanol–water partition coefficient (Wildman–Crippen LogP) is 2.98. The molecular weight excluding hydrogens is 411 g/mol. The van der Waals surface area contributed by atoms with Crippen LogP contribution in [0.1, 0.15) is 42.6 Å². The van der Waals surface area contributed by atoms with Crippen LogP contribution in [0.25, 0.3) is 11.3 Å². The lowest BCUT2D eigenvalue weighted by molar-refractivity contribution is 0.0695. The van der Waals surface area contributed by atoms with Crippen LogP contribution in [-0.4, -0.2) is 36.8 Å². The van der Waals surface area contributed by atoms with Crippen LogP contribution in [0.4, 0.5) is 4.39 Å². The van der Waals surface area contributed by atoms with Gasteiger partial charge in [-0.15, -0.1) is 0 Å². The van der Waals surface area contributed by atoms with Gasteiger partial charge in [0.25, 0.3) is 5.91 Å². The van der Waals surface area contributed by atoms with Crippen molar-refractivity contribution in [2.24, 2.45) is 0 Å². The van der Waals surface area contributed by atoms with Crippen molar-refractivity contribution in [2.75, 3.05) is 0 Å². The van der Waals surface area contributed by atoms with Crippen LogP contribution in [0.3, 0.4) is 0 Å². The lowest BCUT2D eigenvalue weighted by Crippen LogP contribution is -2.36. The lowest BCUT2D eigenvalue weighted by Gasteiger charge is -2.14.